The molecule has 11 amide bonds. The average molecular weight is 1260 g/mol. The van der Waals surface area contributed by atoms with Crippen LogP contribution in [-0.2, 0) is 46.7 Å². The van der Waals surface area contributed by atoms with Gasteiger partial charge in [-0.15, -0.1) is 5.06 Å². The Morgan fingerprint density at radius 2 is 0.911 bits per heavy atom. The van der Waals surface area contributed by atoms with Gasteiger partial charge in [0.1, 0.15) is 13.1 Å². The Kier molecular flexibility index (Phi) is 17.8. The number of hydroxylamine groups is 2. The Labute approximate surface area is 528 Å². The van der Waals surface area contributed by atoms with Gasteiger partial charge in [-0.2, -0.15) is 0 Å². The molecule has 6 aromatic carbocycles. The summed E-state index contributed by atoms with van der Waals surface area (Å²) in [6, 6.07) is 26.8. The van der Waals surface area contributed by atoms with Crippen LogP contribution in [-0.4, -0.2) is 177 Å². The fraction of sp³-hybridized carbons (Fsp3) is 0.250. The third kappa shape index (κ3) is 11.8. The van der Waals surface area contributed by atoms with Gasteiger partial charge in [0.05, 0.1) is 56.5 Å². The number of amides is 11. The van der Waals surface area contributed by atoms with Gasteiger partial charge < -0.3 is 59.5 Å². The zero-order valence-corrected chi connectivity index (χ0v) is 51.3. The van der Waals surface area contributed by atoms with Crippen LogP contribution in [0.1, 0.15) is 86.1 Å². The summed E-state index contributed by atoms with van der Waals surface area (Å²) in [4.78, 5) is 162. The highest BCUT2D eigenvalue weighted by molar-refractivity contribution is 6.38. The number of hydrogen-bond acceptors (Lipinski definition) is 16. The van der Waals surface area contributed by atoms with Crippen LogP contribution >= 0.6 is 0 Å². The maximum absolute atomic E-state index is 13.8. The lowest BCUT2D eigenvalue weighted by Gasteiger charge is -2.41. The molecule has 0 saturated carbocycles. The number of nitrogens with one attached hydrogen (secondary N) is 1. The number of benzene rings is 6. The SMILES string of the molecule is CN1C[N+](C)(C)Cc2cc3c4c(cccc4c21)C(=O)N(c1ccc(C(=O)NCCN2C(=O)C=CC2=O)cc1)C3=O.CN1C[N+](C)(C)Cc2cc3c4c(cccc4c21)C(=O)N(c1ccc(C(=O)ON2C(=O)CCC2=O)cc1)C3=O.NCCN1C(=O)C=CC1=O.[Cl-].[Cl-]. The highest BCUT2D eigenvalue weighted by atomic mass is 35.5. The Bertz CT molecular complexity index is 4130. The maximum atomic E-state index is 13.8. The molecule has 0 aliphatic carbocycles. The summed E-state index contributed by atoms with van der Waals surface area (Å²) >= 11 is 0. The van der Waals surface area contributed by atoms with Crippen molar-refractivity contribution in [3.8, 4) is 0 Å². The second-order valence-corrected chi connectivity index (χ2v) is 23.5. The van der Waals surface area contributed by atoms with E-state index in [4.69, 9.17) is 10.6 Å². The molecule has 26 heteroatoms. The largest absolute Gasteiger partial charge is 1.00 e. The van der Waals surface area contributed by atoms with Crippen molar-refractivity contribution in [2.24, 2.45) is 5.73 Å². The molecule has 7 aliphatic heterocycles. The number of carbonyl (C=O) groups is 12. The Morgan fingerprint density at radius 1 is 0.522 bits per heavy atom. The zero-order chi connectivity index (χ0) is 62.8. The van der Waals surface area contributed by atoms with E-state index in [1.807, 2.05) is 50.5 Å². The lowest BCUT2D eigenvalue weighted by atomic mass is 9.89. The highest BCUT2D eigenvalue weighted by Crippen LogP contribution is 2.44. The van der Waals surface area contributed by atoms with Crippen molar-refractivity contribution in [1.29, 1.82) is 0 Å². The van der Waals surface area contributed by atoms with Crippen molar-refractivity contribution in [1.82, 2.24) is 20.2 Å². The van der Waals surface area contributed by atoms with E-state index in [-0.39, 0.29) is 68.1 Å². The number of nitrogens with zero attached hydrogens (tertiary/aromatic N) is 9. The van der Waals surface area contributed by atoms with Crippen LogP contribution in [0.2, 0.25) is 0 Å². The summed E-state index contributed by atoms with van der Waals surface area (Å²) in [5, 5.41) is 6.26. The summed E-state index contributed by atoms with van der Waals surface area (Å²) in [6.07, 6.45) is 4.87. The van der Waals surface area contributed by atoms with E-state index in [2.05, 4.69) is 43.3 Å². The third-order valence-electron chi connectivity index (χ3n) is 16.0. The smallest absolute Gasteiger partial charge is 0.363 e. The molecular weight excluding hydrogens is 1200 g/mol. The molecule has 0 radical (unpaired) electrons. The number of fused-ring (bicyclic) bond motifs is 4. The normalized spacial score (nSPS) is 17.5. The molecule has 0 atom stereocenters. The number of hydrogen-bond donors (Lipinski definition) is 2. The molecule has 7 heterocycles. The standard InChI is InChI=1S/C30H27N5O5.C28H25N4O6.C6H8N2O2.2ClH/c1-32-17-35(2,3)16-19-15-23-26-21(27(19)32)5-4-6-22(26)29(39)34(30(23)40)20-9-7-18(8-10-20)28(38)31-13-14-33-24(36)11-12-25(33)37;1-29-15-32(2,3)14-17-13-21-24-19(25(17)29)5-4-6-20(24)26(35)30(27(21)36)18-9-7-16(8-10-18)28(37)38-31-22(33)11-12-23(31)34;7-3-4-8-5(9)1-2-6(8)10;;/h4-12,15H,13-14,16-17H2,1-3H3;4-10,13H,11-12,14-15H2,1-3H3;1-2H,3-4,7H2;2*1H/q;+1;;;/p-1. The quantitative estimate of drug-likeness (QED) is 0.111. The van der Waals surface area contributed by atoms with E-state index >= 15 is 0 Å². The maximum Gasteiger partial charge on any atom is 0.363 e. The first-order chi connectivity index (χ1) is 41.9. The fourth-order valence-electron chi connectivity index (χ4n) is 12.5. The van der Waals surface area contributed by atoms with Crippen LogP contribution in [0, 0.1) is 0 Å². The highest BCUT2D eigenvalue weighted by Gasteiger charge is 2.41. The molecular formula is C64H61Cl2N11O13. The van der Waals surface area contributed by atoms with E-state index in [0.29, 0.717) is 68.1 Å². The van der Waals surface area contributed by atoms with Gasteiger partial charge in [0.15, 0.2) is 13.3 Å². The number of halogens is 2. The second-order valence-electron chi connectivity index (χ2n) is 23.5. The molecule has 90 heavy (non-hydrogen) atoms. The summed E-state index contributed by atoms with van der Waals surface area (Å²) in [5.74, 6) is -5.51. The first kappa shape index (κ1) is 64.5. The van der Waals surface area contributed by atoms with Crippen LogP contribution in [0.15, 0.2) is 121 Å². The molecule has 0 aromatic heterocycles. The lowest BCUT2D eigenvalue weighted by molar-refractivity contribution is -0.904. The van der Waals surface area contributed by atoms with Gasteiger partial charge in [0, 0.05) is 138 Å². The van der Waals surface area contributed by atoms with Crippen molar-refractivity contribution in [2.45, 2.75) is 25.9 Å². The number of carbonyl (C=O) groups excluding carboxylic acids is 12. The number of rotatable bonds is 10. The van der Waals surface area contributed by atoms with Crippen molar-refractivity contribution in [3.05, 3.63) is 166 Å². The van der Waals surface area contributed by atoms with E-state index in [0.717, 1.165) is 88.3 Å². The minimum Gasteiger partial charge on any atom is -1.00 e. The summed E-state index contributed by atoms with van der Waals surface area (Å²) < 4.78 is 1.48. The van der Waals surface area contributed by atoms with Gasteiger partial charge in [-0.1, -0.05) is 24.3 Å². The summed E-state index contributed by atoms with van der Waals surface area (Å²) in [6.45, 7) is 3.90. The molecule has 13 rings (SSSR count). The van der Waals surface area contributed by atoms with Crippen molar-refractivity contribution < 1.29 is 96.2 Å². The van der Waals surface area contributed by atoms with Gasteiger partial charge in [-0.3, -0.25) is 62.5 Å². The van der Waals surface area contributed by atoms with E-state index in [1.54, 1.807) is 24.3 Å². The van der Waals surface area contributed by atoms with E-state index in [9.17, 15) is 57.5 Å². The molecule has 6 aromatic rings. The topological polar surface area (TPSA) is 275 Å². The van der Waals surface area contributed by atoms with Crippen LogP contribution in [0.25, 0.3) is 21.5 Å². The van der Waals surface area contributed by atoms with Gasteiger partial charge in [0.2, 0.25) is 0 Å². The number of imide groups is 5. The third-order valence-corrected chi connectivity index (χ3v) is 16.0. The number of anilines is 4. The van der Waals surface area contributed by atoms with Crippen LogP contribution in [0.3, 0.4) is 0 Å². The van der Waals surface area contributed by atoms with Gasteiger partial charge in [-0.05, 0) is 72.8 Å². The zero-order valence-electron chi connectivity index (χ0n) is 49.8. The minimum absolute atomic E-state index is 0. The summed E-state index contributed by atoms with van der Waals surface area (Å²) in [7, 11) is 12.6. The number of nitrogens with two attached hydrogens (primary N) is 1. The molecule has 0 unspecified atom stereocenters. The molecule has 3 N–H and O–H groups in total. The predicted octanol–water partition coefficient (Wildman–Crippen LogP) is -2.00. The minimum atomic E-state index is -0.886. The van der Waals surface area contributed by atoms with Crippen LogP contribution < -0.4 is 55.5 Å². The van der Waals surface area contributed by atoms with E-state index < -0.39 is 59.1 Å². The monoisotopic (exact) mass is 1260 g/mol. The molecule has 0 bridgehead atoms. The van der Waals surface area contributed by atoms with Crippen molar-refractivity contribution >= 4 is 115 Å². The van der Waals surface area contributed by atoms with Gasteiger partial charge in [0.25, 0.3) is 65.0 Å². The van der Waals surface area contributed by atoms with Crippen molar-refractivity contribution in [3.63, 3.8) is 0 Å². The summed E-state index contributed by atoms with van der Waals surface area (Å²) in [5.41, 5.74) is 12.2. The average Bonchev–Trinajstić information content (AvgIpc) is 1.14. The van der Waals surface area contributed by atoms with Crippen LogP contribution in [0.5, 0.6) is 0 Å². The molecule has 1 fully saturated rings. The second kappa shape index (κ2) is 24.9. The van der Waals surface area contributed by atoms with E-state index in [1.165, 1.54) is 60.7 Å². The molecule has 7 aliphatic rings. The number of quaternary nitrogens is 2. The van der Waals surface area contributed by atoms with Gasteiger partial charge >= 0.3 is 5.97 Å². The Morgan fingerprint density at radius 3 is 1.32 bits per heavy atom. The van der Waals surface area contributed by atoms with Crippen molar-refractivity contribution in [2.75, 3.05) is 101 Å². The van der Waals surface area contributed by atoms with Crippen LogP contribution in [0.4, 0.5) is 22.7 Å². The van der Waals surface area contributed by atoms with Gasteiger partial charge in [-0.25, -0.2) is 14.6 Å². The molecule has 1 saturated heterocycles. The molecule has 24 nitrogen and oxygen atoms in total. The lowest BCUT2D eigenvalue weighted by Crippen LogP contribution is -3.00. The molecule has 464 valence electrons. The predicted molar refractivity (Wildman–Crippen MR) is 321 cm³/mol. The first-order valence-electron chi connectivity index (χ1n) is 28.2. The Hall–Kier alpha value is -9.98. The Balaban J connectivity index is 0.000000181. The first-order valence-corrected chi connectivity index (χ1v) is 28.2. The molecule has 0 spiro atoms. The fourth-order valence-corrected chi connectivity index (χ4v) is 12.5.